The van der Waals surface area contributed by atoms with E-state index >= 15 is 0 Å². The smallest absolute Gasteiger partial charge is 0.407 e. The van der Waals surface area contributed by atoms with Gasteiger partial charge in [0, 0.05) is 13.1 Å². The van der Waals surface area contributed by atoms with Crippen LogP contribution in [0.15, 0.2) is 12.1 Å². The number of rotatable bonds is 6. The van der Waals surface area contributed by atoms with Gasteiger partial charge in [0.2, 0.25) is 0 Å². The Labute approximate surface area is 143 Å². The zero-order chi connectivity index (χ0) is 18.3. The molecule has 2 N–H and O–H groups in total. The number of benzene rings is 1. The van der Waals surface area contributed by atoms with E-state index in [9.17, 15) is 9.59 Å². The summed E-state index contributed by atoms with van der Waals surface area (Å²) < 4.78 is 10.7. The number of amides is 2. The third-order valence-corrected chi connectivity index (χ3v) is 3.34. The zero-order valence-corrected chi connectivity index (χ0v) is 15.4. The molecule has 0 aromatic heterocycles. The molecule has 0 saturated heterocycles. The average molecular weight is 336 g/mol. The fourth-order valence-electron chi connectivity index (χ4n) is 2.02. The lowest BCUT2D eigenvalue weighted by Crippen LogP contribution is -2.39. The number of carbonyl (C=O) groups excluding carboxylic acids is 2. The summed E-state index contributed by atoms with van der Waals surface area (Å²) >= 11 is 0. The lowest BCUT2D eigenvalue weighted by Gasteiger charge is -2.19. The molecule has 24 heavy (non-hydrogen) atoms. The van der Waals surface area contributed by atoms with E-state index in [2.05, 4.69) is 10.6 Å². The third-order valence-electron chi connectivity index (χ3n) is 3.34. The maximum atomic E-state index is 11.8. The molecule has 0 saturated carbocycles. The quantitative estimate of drug-likeness (QED) is 0.783. The van der Waals surface area contributed by atoms with E-state index in [4.69, 9.17) is 9.47 Å². The predicted molar refractivity (Wildman–Crippen MR) is 93.4 cm³/mol. The summed E-state index contributed by atoms with van der Waals surface area (Å²) in [5.74, 6) is 0.512. The molecular weight excluding hydrogens is 308 g/mol. The Kier molecular flexibility index (Phi) is 7.07. The van der Waals surface area contributed by atoms with Crippen molar-refractivity contribution in [3.05, 3.63) is 28.8 Å². The maximum Gasteiger partial charge on any atom is 0.407 e. The van der Waals surface area contributed by atoms with Crippen LogP contribution in [-0.2, 0) is 9.53 Å². The molecule has 1 aromatic rings. The first-order chi connectivity index (χ1) is 11.1. The van der Waals surface area contributed by atoms with Crippen molar-refractivity contribution in [1.82, 2.24) is 10.6 Å². The highest BCUT2D eigenvalue weighted by molar-refractivity contribution is 5.77. The van der Waals surface area contributed by atoms with Crippen molar-refractivity contribution >= 4 is 12.0 Å². The zero-order valence-electron chi connectivity index (χ0n) is 15.4. The van der Waals surface area contributed by atoms with Gasteiger partial charge in [-0.05, 0) is 58.2 Å². The number of aryl methyl sites for hydroxylation is 2. The first-order valence-corrected chi connectivity index (χ1v) is 8.03. The summed E-state index contributed by atoms with van der Waals surface area (Å²) in [4.78, 5) is 23.3. The first kappa shape index (κ1) is 19.8. The molecule has 0 aliphatic carbocycles. The van der Waals surface area contributed by atoms with Crippen molar-refractivity contribution in [2.75, 3.05) is 19.7 Å². The van der Waals surface area contributed by atoms with Gasteiger partial charge in [-0.2, -0.15) is 0 Å². The van der Waals surface area contributed by atoms with Crippen LogP contribution in [0.1, 0.15) is 37.5 Å². The molecule has 0 bridgehead atoms. The molecule has 6 heteroatoms. The van der Waals surface area contributed by atoms with Crippen LogP contribution in [0.25, 0.3) is 0 Å². The number of nitrogens with one attached hydrogen (secondary N) is 2. The minimum absolute atomic E-state index is 0.0580. The highest BCUT2D eigenvalue weighted by atomic mass is 16.6. The molecular formula is C18H28N2O4. The minimum Gasteiger partial charge on any atom is -0.483 e. The van der Waals surface area contributed by atoms with Gasteiger partial charge < -0.3 is 20.1 Å². The SMILES string of the molecule is Cc1ccc(C)c(OCC(=O)NCCNC(=O)OC(C)(C)C)c1C. The second-order valence-electron chi connectivity index (χ2n) is 6.72. The molecule has 1 aromatic carbocycles. The van der Waals surface area contributed by atoms with E-state index < -0.39 is 11.7 Å². The number of ether oxygens (including phenoxy) is 2. The van der Waals surface area contributed by atoms with Crippen molar-refractivity contribution in [3.63, 3.8) is 0 Å². The Balaban J connectivity index is 2.31. The Morgan fingerprint density at radius 3 is 2.21 bits per heavy atom. The fraction of sp³-hybridized carbons (Fsp3) is 0.556. The van der Waals surface area contributed by atoms with Crippen LogP contribution in [-0.4, -0.2) is 37.3 Å². The summed E-state index contributed by atoms with van der Waals surface area (Å²) in [5.41, 5.74) is 2.62. The van der Waals surface area contributed by atoms with E-state index in [1.54, 1.807) is 20.8 Å². The molecule has 0 unspecified atom stereocenters. The van der Waals surface area contributed by atoms with E-state index in [0.717, 1.165) is 22.4 Å². The molecule has 0 aliphatic rings. The highest BCUT2D eigenvalue weighted by Gasteiger charge is 2.15. The first-order valence-electron chi connectivity index (χ1n) is 8.03. The second-order valence-corrected chi connectivity index (χ2v) is 6.72. The van der Waals surface area contributed by atoms with Crippen molar-refractivity contribution in [2.24, 2.45) is 0 Å². The summed E-state index contributed by atoms with van der Waals surface area (Å²) in [6.07, 6.45) is -0.501. The van der Waals surface area contributed by atoms with Gasteiger partial charge in [0.1, 0.15) is 11.4 Å². The van der Waals surface area contributed by atoms with Gasteiger partial charge >= 0.3 is 6.09 Å². The van der Waals surface area contributed by atoms with Crippen LogP contribution < -0.4 is 15.4 Å². The predicted octanol–water partition coefficient (Wildman–Crippen LogP) is 2.63. The van der Waals surface area contributed by atoms with Crippen LogP contribution in [0.5, 0.6) is 5.75 Å². The minimum atomic E-state index is -0.537. The summed E-state index contributed by atoms with van der Waals surface area (Å²) in [6.45, 7) is 11.9. The molecule has 0 spiro atoms. The van der Waals surface area contributed by atoms with E-state index in [0.29, 0.717) is 13.1 Å². The van der Waals surface area contributed by atoms with Gasteiger partial charge in [-0.3, -0.25) is 4.79 Å². The van der Waals surface area contributed by atoms with Gasteiger partial charge in [0.15, 0.2) is 6.61 Å². The molecule has 0 atom stereocenters. The molecule has 0 fully saturated rings. The normalized spacial score (nSPS) is 10.9. The number of hydrogen-bond donors (Lipinski definition) is 2. The molecule has 2 amide bonds. The number of hydrogen-bond acceptors (Lipinski definition) is 4. The summed E-state index contributed by atoms with van der Waals surface area (Å²) in [6, 6.07) is 4.00. The summed E-state index contributed by atoms with van der Waals surface area (Å²) in [5, 5.41) is 5.27. The van der Waals surface area contributed by atoms with Gasteiger partial charge in [0.25, 0.3) is 5.91 Å². The lowest BCUT2D eigenvalue weighted by atomic mass is 10.1. The van der Waals surface area contributed by atoms with Crippen LogP contribution in [0.4, 0.5) is 4.79 Å². The summed E-state index contributed by atoms with van der Waals surface area (Å²) in [7, 11) is 0. The Hall–Kier alpha value is -2.24. The van der Waals surface area contributed by atoms with Crippen LogP contribution in [0.3, 0.4) is 0 Å². The molecule has 6 nitrogen and oxygen atoms in total. The van der Waals surface area contributed by atoms with Crippen molar-refractivity contribution in [2.45, 2.75) is 47.1 Å². The molecule has 0 radical (unpaired) electrons. The molecule has 0 heterocycles. The average Bonchev–Trinajstić information content (AvgIpc) is 2.46. The monoisotopic (exact) mass is 336 g/mol. The van der Waals surface area contributed by atoms with Crippen LogP contribution >= 0.6 is 0 Å². The lowest BCUT2D eigenvalue weighted by molar-refractivity contribution is -0.123. The second kappa shape index (κ2) is 8.57. The topological polar surface area (TPSA) is 76.7 Å². The Morgan fingerprint density at radius 2 is 1.58 bits per heavy atom. The van der Waals surface area contributed by atoms with Gasteiger partial charge in [-0.1, -0.05) is 12.1 Å². The Morgan fingerprint density at radius 1 is 1.00 bits per heavy atom. The van der Waals surface area contributed by atoms with Gasteiger partial charge in [0.05, 0.1) is 0 Å². The van der Waals surface area contributed by atoms with E-state index in [1.807, 2.05) is 32.9 Å². The fourth-order valence-corrected chi connectivity index (χ4v) is 2.02. The van der Waals surface area contributed by atoms with E-state index in [1.165, 1.54) is 0 Å². The largest absolute Gasteiger partial charge is 0.483 e. The molecule has 134 valence electrons. The van der Waals surface area contributed by atoms with Crippen LogP contribution in [0.2, 0.25) is 0 Å². The third kappa shape index (κ3) is 6.89. The van der Waals surface area contributed by atoms with Gasteiger partial charge in [-0.15, -0.1) is 0 Å². The van der Waals surface area contributed by atoms with Crippen molar-refractivity contribution < 1.29 is 19.1 Å². The Bertz CT molecular complexity index is 591. The van der Waals surface area contributed by atoms with Gasteiger partial charge in [-0.25, -0.2) is 4.79 Å². The standard InChI is InChI=1S/C18H28N2O4/c1-12-7-8-13(2)16(14(12)3)23-11-15(21)19-9-10-20-17(22)24-18(4,5)6/h7-8H,9-11H2,1-6H3,(H,19,21)(H,20,22). The van der Waals surface area contributed by atoms with Crippen molar-refractivity contribution in [1.29, 1.82) is 0 Å². The number of alkyl carbamates (subject to hydrolysis) is 1. The molecule has 0 aliphatic heterocycles. The van der Waals surface area contributed by atoms with Crippen molar-refractivity contribution in [3.8, 4) is 5.75 Å². The highest BCUT2D eigenvalue weighted by Crippen LogP contribution is 2.25. The van der Waals surface area contributed by atoms with E-state index in [-0.39, 0.29) is 12.5 Å². The van der Waals surface area contributed by atoms with Crippen LogP contribution in [0, 0.1) is 20.8 Å². The maximum absolute atomic E-state index is 11.8. The number of carbonyl (C=O) groups is 2. The molecule has 1 rings (SSSR count).